The van der Waals surface area contributed by atoms with Gasteiger partial charge in [0.25, 0.3) is 0 Å². The van der Waals surface area contributed by atoms with E-state index in [-0.39, 0.29) is 17.9 Å². The number of aromatic nitrogens is 1. The van der Waals surface area contributed by atoms with Gasteiger partial charge >= 0.3 is 12.4 Å². The van der Waals surface area contributed by atoms with E-state index in [1.165, 1.54) is 0 Å². The number of hydrazine groups is 1. The fourth-order valence-corrected chi connectivity index (χ4v) is 2.15. The zero-order valence-corrected chi connectivity index (χ0v) is 10.7. The molecule has 116 valence electrons. The number of hydrogen-bond donors (Lipinski definition) is 2. The number of nitrogens with one attached hydrogen (secondary N) is 1. The van der Waals surface area contributed by atoms with Crippen LogP contribution in [0.1, 0.15) is 22.3 Å². The Morgan fingerprint density at radius 2 is 1.95 bits per heavy atom. The van der Waals surface area contributed by atoms with E-state index >= 15 is 0 Å². The normalized spacial score (nSPS) is 14.6. The third-order valence-corrected chi connectivity index (χ3v) is 3.28. The van der Waals surface area contributed by atoms with Crippen LogP contribution in [-0.4, -0.2) is 24.4 Å². The van der Waals surface area contributed by atoms with Crippen molar-refractivity contribution in [2.45, 2.75) is 24.8 Å². The van der Waals surface area contributed by atoms with Crippen molar-refractivity contribution in [2.75, 3.05) is 13.2 Å². The highest BCUT2D eigenvalue weighted by Gasteiger charge is 2.35. The highest BCUT2D eigenvalue weighted by Crippen LogP contribution is 2.34. The minimum atomic E-state index is -4.56. The van der Waals surface area contributed by atoms with Crippen LogP contribution in [0.2, 0.25) is 0 Å². The van der Waals surface area contributed by atoms with Crippen LogP contribution in [0.5, 0.6) is 0 Å². The Labute approximate surface area is 113 Å². The van der Waals surface area contributed by atoms with Crippen molar-refractivity contribution in [3.63, 3.8) is 0 Å². The zero-order valence-electron chi connectivity index (χ0n) is 9.88. The summed E-state index contributed by atoms with van der Waals surface area (Å²) in [5.41, 5.74) is 2.22. The summed E-state index contributed by atoms with van der Waals surface area (Å²) in [5.74, 6) is 5.16. The van der Waals surface area contributed by atoms with Gasteiger partial charge in [-0.1, -0.05) is 0 Å². The zero-order chi connectivity index (χ0) is 15.4. The Hall–Kier alpha value is -0.910. The Morgan fingerprint density at radius 3 is 2.40 bits per heavy atom. The maximum Gasteiger partial charge on any atom is 0.443 e. The van der Waals surface area contributed by atoms with Gasteiger partial charge in [0.2, 0.25) is 0 Å². The summed E-state index contributed by atoms with van der Waals surface area (Å²) < 4.78 is 76.9. The van der Waals surface area contributed by atoms with Gasteiger partial charge in [0.05, 0.1) is 6.04 Å². The highest BCUT2D eigenvalue weighted by molar-refractivity contribution is 7.11. The number of ether oxygens (including phenoxy) is 1. The Bertz CT molecular complexity index is 419. The van der Waals surface area contributed by atoms with E-state index in [9.17, 15) is 26.3 Å². The van der Waals surface area contributed by atoms with Crippen LogP contribution in [0.15, 0.2) is 6.20 Å². The van der Waals surface area contributed by atoms with Crippen molar-refractivity contribution in [1.82, 2.24) is 10.4 Å². The van der Waals surface area contributed by atoms with Crippen LogP contribution in [0.3, 0.4) is 0 Å². The molecule has 11 heteroatoms. The lowest BCUT2D eigenvalue weighted by molar-refractivity contribution is -0.174. The van der Waals surface area contributed by atoms with Gasteiger partial charge in [0.1, 0.15) is 6.61 Å². The summed E-state index contributed by atoms with van der Waals surface area (Å²) in [6, 6.07) is -0.753. The summed E-state index contributed by atoms with van der Waals surface area (Å²) in [6.07, 6.45) is -8.03. The second-order valence-electron chi connectivity index (χ2n) is 3.74. The van der Waals surface area contributed by atoms with Gasteiger partial charge in [-0.15, -0.1) is 11.3 Å². The summed E-state index contributed by atoms with van der Waals surface area (Å²) in [5, 5.41) is -1.04. The topological polar surface area (TPSA) is 60.2 Å². The van der Waals surface area contributed by atoms with E-state index in [0.717, 1.165) is 6.20 Å². The van der Waals surface area contributed by atoms with Crippen molar-refractivity contribution in [3.8, 4) is 0 Å². The molecule has 1 aromatic heterocycles. The molecule has 0 aliphatic heterocycles. The second kappa shape index (κ2) is 6.70. The molecule has 0 aliphatic rings. The van der Waals surface area contributed by atoms with E-state index in [1.807, 2.05) is 0 Å². The molecule has 20 heavy (non-hydrogen) atoms. The lowest BCUT2D eigenvalue weighted by atomic mass is 10.2. The van der Waals surface area contributed by atoms with Gasteiger partial charge in [-0.3, -0.25) is 11.3 Å². The first-order valence-electron chi connectivity index (χ1n) is 5.27. The van der Waals surface area contributed by atoms with Gasteiger partial charge in [-0.25, -0.2) is 4.98 Å². The van der Waals surface area contributed by atoms with Gasteiger partial charge in [0, 0.05) is 17.7 Å². The number of halogens is 6. The summed E-state index contributed by atoms with van der Waals surface area (Å²) in [6.45, 7) is -1.71. The summed E-state index contributed by atoms with van der Waals surface area (Å²) in [7, 11) is 0. The van der Waals surface area contributed by atoms with Gasteiger partial charge in [0.15, 0.2) is 5.01 Å². The summed E-state index contributed by atoms with van der Waals surface area (Å²) in [4.78, 5) is 3.38. The highest BCUT2D eigenvalue weighted by atomic mass is 32.1. The third-order valence-electron chi connectivity index (χ3n) is 2.13. The molecule has 0 saturated carbocycles. The molecule has 0 spiro atoms. The molecule has 4 nitrogen and oxygen atoms in total. The van der Waals surface area contributed by atoms with Crippen LogP contribution in [0.4, 0.5) is 26.3 Å². The van der Waals surface area contributed by atoms with Crippen LogP contribution in [-0.2, 0) is 10.9 Å². The van der Waals surface area contributed by atoms with Gasteiger partial charge < -0.3 is 4.74 Å². The van der Waals surface area contributed by atoms with Crippen molar-refractivity contribution < 1.29 is 31.1 Å². The lowest BCUT2D eigenvalue weighted by Gasteiger charge is -2.14. The van der Waals surface area contributed by atoms with Crippen LogP contribution >= 0.6 is 11.3 Å². The Morgan fingerprint density at radius 1 is 1.30 bits per heavy atom. The average Bonchev–Trinajstić information content (AvgIpc) is 2.76. The van der Waals surface area contributed by atoms with E-state index in [4.69, 9.17) is 5.84 Å². The molecule has 0 bridgehead atoms. The fourth-order valence-electron chi connectivity index (χ4n) is 1.28. The lowest BCUT2D eigenvalue weighted by Crippen LogP contribution is -2.29. The Kier molecular flexibility index (Phi) is 5.74. The maximum absolute atomic E-state index is 12.4. The molecule has 0 aliphatic carbocycles. The molecule has 0 fully saturated rings. The first-order chi connectivity index (χ1) is 9.13. The first kappa shape index (κ1) is 17.1. The third kappa shape index (κ3) is 5.61. The number of thiazole rings is 1. The molecular weight excluding hydrogens is 312 g/mol. The minimum Gasteiger partial charge on any atom is -0.372 e. The SMILES string of the molecule is NNC(CCOCC(F)(F)F)c1cnc(C(F)(F)F)s1. The van der Waals surface area contributed by atoms with Crippen molar-refractivity contribution >= 4 is 11.3 Å². The monoisotopic (exact) mass is 323 g/mol. The van der Waals surface area contributed by atoms with Crippen molar-refractivity contribution in [2.24, 2.45) is 5.84 Å². The molecule has 3 N–H and O–H groups in total. The number of alkyl halides is 6. The van der Waals surface area contributed by atoms with E-state index in [2.05, 4.69) is 15.1 Å². The molecule has 0 amide bonds. The van der Waals surface area contributed by atoms with Gasteiger partial charge in [-0.05, 0) is 6.42 Å². The molecule has 1 rings (SSSR count). The molecule has 1 atom stereocenters. The second-order valence-corrected chi connectivity index (χ2v) is 4.80. The molecule has 1 heterocycles. The molecule has 1 aromatic rings. The van der Waals surface area contributed by atoms with Crippen LogP contribution < -0.4 is 11.3 Å². The van der Waals surface area contributed by atoms with Crippen LogP contribution in [0, 0.1) is 0 Å². The standard InChI is InChI=1S/C9H11F6N3OS/c10-8(11,12)4-19-2-1-5(18-16)6-3-17-7(20-6)9(13,14)15/h3,5,18H,1-2,4,16H2. The predicted molar refractivity (Wildman–Crippen MR) is 58.7 cm³/mol. The predicted octanol–water partition coefficient (Wildman–Crippen LogP) is 2.64. The molecular formula is C9H11F6N3OS. The van der Waals surface area contributed by atoms with E-state index in [1.54, 1.807) is 0 Å². The number of nitrogens with two attached hydrogens (primary N) is 1. The first-order valence-corrected chi connectivity index (χ1v) is 6.08. The number of rotatable bonds is 6. The molecule has 1 unspecified atom stereocenters. The smallest absolute Gasteiger partial charge is 0.372 e. The maximum atomic E-state index is 12.4. The van der Waals surface area contributed by atoms with Crippen LogP contribution in [0.25, 0.3) is 0 Å². The average molecular weight is 323 g/mol. The minimum absolute atomic E-state index is 0.00787. The van der Waals surface area contributed by atoms with E-state index in [0.29, 0.717) is 11.3 Å². The largest absolute Gasteiger partial charge is 0.443 e. The molecule has 0 saturated heterocycles. The van der Waals surface area contributed by atoms with Crippen molar-refractivity contribution in [1.29, 1.82) is 0 Å². The van der Waals surface area contributed by atoms with E-state index < -0.39 is 30.0 Å². The quantitative estimate of drug-likeness (QED) is 0.366. The van der Waals surface area contributed by atoms with Crippen molar-refractivity contribution in [3.05, 3.63) is 16.1 Å². The fraction of sp³-hybridized carbons (Fsp3) is 0.667. The summed E-state index contributed by atoms with van der Waals surface area (Å²) >= 11 is 0.380. The Balaban J connectivity index is 2.52. The molecule has 0 aromatic carbocycles. The molecule has 0 radical (unpaired) electrons. The number of hydrogen-bond acceptors (Lipinski definition) is 5. The van der Waals surface area contributed by atoms with Gasteiger partial charge in [-0.2, -0.15) is 26.3 Å². The number of nitrogens with zero attached hydrogens (tertiary/aromatic N) is 1.